The lowest BCUT2D eigenvalue weighted by Gasteiger charge is -2.14. The first-order valence-electron chi connectivity index (χ1n) is 6.24. The summed E-state index contributed by atoms with van der Waals surface area (Å²) in [6.07, 6.45) is 4.53. The van der Waals surface area contributed by atoms with Gasteiger partial charge in [-0.3, -0.25) is 4.68 Å². The molecular weight excluding hydrogens is 232 g/mol. The Labute approximate surface area is 107 Å². The summed E-state index contributed by atoms with van der Waals surface area (Å²) < 4.78 is 1.70. The van der Waals surface area contributed by atoms with Gasteiger partial charge in [-0.1, -0.05) is 6.92 Å². The van der Waals surface area contributed by atoms with E-state index < -0.39 is 0 Å². The molecule has 2 unspecified atom stereocenters. The van der Waals surface area contributed by atoms with E-state index in [1.807, 2.05) is 27.1 Å². The fourth-order valence-corrected chi connectivity index (χ4v) is 1.55. The molecule has 2 amide bonds. The Morgan fingerprint density at radius 1 is 1.61 bits per heavy atom. The Kier molecular flexibility index (Phi) is 5.64. The van der Waals surface area contributed by atoms with Gasteiger partial charge < -0.3 is 15.7 Å². The summed E-state index contributed by atoms with van der Waals surface area (Å²) in [7, 11) is 1.84. The molecule has 0 aromatic carbocycles. The van der Waals surface area contributed by atoms with Gasteiger partial charge in [-0.25, -0.2) is 4.79 Å². The van der Waals surface area contributed by atoms with Crippen LogP contribution in [0.25, 0.3) is 0 Å². The summed E-state index contributed by atoms with van der Waals surface area (Å²) >= 11 is 0. The Hall–Kier alpha value is -1.56. The van der Waals surface area contributed by atoms with Crippen molar-refractivity contribution in [2.75, 3.05) is 6.54 Å². The smallest absolute Gasteiger partial charge is 0.315 e. The molecule has 0 radical (unpaired) electrons. The van der Waals surface area contributed by atoms with Crippen LogP contribution in [0.2, 0.25) is 0 Å². The second kappa shape index (κ2) is 7.00. The summed E-state index contributed by atoms with van der Waals surface area (Å²) in [4.78, 5) is 11.6. The number of carbonyl (C=O) groups excluding carboxylic acids is 1. The van der Waals surface area contributed by atoms with Crippen molar-refractivity contribution in [1.82, 2.24) is 20.4 Å². The van der Waals surface area contributed by atoms with E-state index >= 15 is 0 Å². The van der Waals surface area contributed by atoms with Crippen LogP contribution in [0.5, 0.6) is 0 Å². The third-order valence-corrected chi connectivity index (χ3v) is 2.81. The normalized spacial score (nSPS) is 14.0. The molecule has 0 spiro atoms. The van der Waals surface area contributed by atoms with E-state index in [4.69, 9.17) is 0 Å². The maximum absolute atomic E-state index is 11.6. The molecule has 3 N–H and O–H groups in total. The van der Waals surface area contributed by atoms with E-state index in [1.165, 1.54) is 0 Å². The molecule has 0 saturated heterocycles. The molecule has 0 aliphatic rings. The standard InChI is InChI=1S/C12H22N4O2/c1-4-11(17)5-6-13-12(18)15-9(2)10-7-14-16(3)8-10/h7-9,11,17H,4-6H2,1-3H3,(H2,13,15,18). The Bertz CT molecular complexity index is 378. The van der Waals surface area contributed by atoms with Crippen molar-refractivity contribution in [1.29, 1.82) is 0 Å². The topological polar surface area (TPSA) is 79.2 Å². The van der Waals surface area contributed by atoms with Gasteiger partial charge in [-0.15, -0.1) is 0 Å². The fourth-order valence-electron chi connectivity index (χ4n) is 1.55. The third-order valence-electron chi connectivity index (χ3n) is 2.81. The molecule has 1 aromatic heterocycles. The number of amides is 2. The largest absolute Gasteiger partial charge is 0.393 e. The molecule has 0 saturated carbocycles. The lowest BCUT2D eigenvalue weighted by atomic mass is 10.2. The predicted molar refractivity (Wildman–Crippen MR) is 69.1 cm³/mol. The van der Waals surface area contributed by atoms with Gasteiger partial charge in [0.25, 0.3) is 0 Å². The SMILES string of the molecule is CCC(O)CCNC(=O)NC(C)c1cnn(C)c1. The molecule has 2 atom stereocenters. The molecular formula is C12H22N4O2. The molecule has 1 aromatic rings. The van der Waals surface area contributed by atoms with Crippen molar-refractivity contribution < 1.29 is 9.90 Å². The molecule has 0 bridgehead atoms. The van der Waals surface area contributed by atoms with Gasteiger partial charge in [0, 0.05) is 25.4 Å². The second-order valence-electron chi connectivity index (χ2n) is 4.42. The zero-order valence-corrected chi connectivity index (χ0v) is 11.2. The van der Waals surface area contributed by atoms with Crippen molar-refractivity contribution >= 4 is 6.03 Å². The van der Waals surface area contributed by atoms with Crippen molar-refractivity contribution in [2.45, 2.75) is 38.8 Å². The number of aliphatic hydroxyl groups is 1. The number of aromatic nitrogens is 2. The van der Waals surface area contributed by atoms with E-state index in [-0.39, 0.29) is 18.2 Å². The summed E-state index contributed by atoms with van der Waals surface area (Å²) in [5.41, 5.74) is 0.959. The first kappa shape index (κ1) is 14.5. The number of hydrogen-bond acceptors (Lipinski definition) is 3. The lowest BCUT2D eigenvalue weighted by molar-refractivity contribution is 0.160. The number of rotatable bonds is 6. The molecule has 6 heteroatoms. The van der Waals surface area contributed by atoms with Gasteiger partial charge in [0.05, 0.1) is 18.3 Å². The quantitative estimate of drug-likeness (QED) is 0.707. The average Bonchev–Trinajstić information content (AvgIpc) is 2.75. The number of urea groups is 1. The molecule has 1 rings (SSSR count). The van der Waals surface area contributed by atoms with E-state index in [0.29, 0.717) is 19.4 Å². The predicted octanol–water partition coefficient (Wildman–Crippen LogP) is 0.941. The number of carbonyl (C=O) groups is 1. The number of hydrogen-bond donors (Lipinski definition) is 3. The summed E-state index contributed by atoms with van der Waals surface area (Å²) in [6.45, 7) is 4.29. The van der Waals surface area contributed by atoms with Crippen LogP contribution in [0.4, 0.5) is 4.79 Å². The molecule has 0 aliphatic carbocycles. The zero-order chi connectivity index (χ0) is 13.5. The third kappa shape index (κ3) is 4.75. The average molecular weight is 254 g/mol. The zero-order valence-electron chi connectivity index (χ0n) is 11.2. The summed E-state index contributed by atoms with van der Waals surface area (Å²) in [6, 6.07) is -0.315. The maximum Gasteiger partial charge on any atom is 0.315 e. The van der Waals surface area contributed by atoms with Crippen LogP contribution >= 0.6 is 0 Å². The molecule has 1 heterocycles. The van der Waals surface area contributed by atoms with Crippen LogP contribution in [-0.4, -0.2) is 33.6 Å². The van der Waals surface area contributed by atoms with Gasteiger partial charge in [0.2, 0.25) is 0 Å². The highest BCUT2D eigenvalue weighted by Gasteiger charge is 2.10. The van der Waals surface area contributed by atoms with E-state index in [0.717, 1.165) is 5.56 Å². The summed E-state index contributed by atoms with van der Waals surface area (Å²) in [5, 5.41) is 18.9. The number of nitrogens with one attached hydrogen (secondary N) is 2. The van der Waals surface area contributed by atoms with Crippen molar-refractivity contribution in [3.05, 3.63) is 18.0 Å². The second-order valence-corrected chi connectivity index (χ2v) is 4.42. The number of aliphatic hydroxyl groups excluding tert-OH is 1. The van der Waals surface area contributed by atoms with Crippen LogP contribution in [-0.2, 0) is 7.05 Å². The first-order chi connectivity index (χ1) is 8.52. The van der Waals surface area contributed by atoms with E-state index in [9.17, 15) is 9.90 Å². The highest BCUT2D eigenvalue weighted by Crippen LogP contribution is 2.09. The molecule has 0 fully saturated rings. The van der Waals surface area contributed by atoms with Crippen LogP contribution < -0.4 is 10.6 Å². The van der Waals surface area contributed by atoms with Crippen LogP contribution in [0.1, 0.15) is 38.3 Å². The Morgan fingerprint density at radius 2 is 2.33 bits per heavy atom. The van der Waals surface area contributed by atoms with Gasteiger partial charge in [-0.2, -0.15) is 5.10 Å². The fraction of sp³-hybridized carbons (Fsp3) is 0.667. The highest BCUT2D eigenvalue weighted by molar-refractivity contribution is 5.74. The number of nitrogens with zero attached hydrogens (tertiary/aromatic N) is 2. The van der Waals surface area contributed by atoms with E-state index in [2.05, 4.69) is 15.7 Å². The molecule has 0 aliphatic heterocycles. The van der Waals surface area contributed by atoms with Crippen molar-refractivity contribution in [2.24, 2.45) is 7.05 Å². The molecule has 18 heavy (non-hydrogen) atoms. The minimum absolute atomic E-state index is 0.0881. The maximum atomic E-state index is 11.6. The van der Waals surface area contributed by atoms with Crippen molar-refractivity contribution in [3.8, 4) is 0 Å². The molecule has 6 nitrogen and oxygen atoms in total. The van der Waals surface area contributed by atoms with Crippen LogP contribution in [0, 0.1) is 0 Å². The molecule has 102 valence electrons. The van der Waals surface area contributed by atoms with E-state index in [1.54, 1.807) is 10.9 Å². The minimum atomic E-state index is -0.346. The van der Waals surface area contributed by atoms with Crippen LogP contribution in [0.3, 0.4) is 0 Å². The minimum Gasteiger partial charge on any atom is -0.393 e. The van der Waals surface area contributed by atoms with Gasteiger partial charge in [0.1, 0.15) is 0 Å². The first-order valence-corrected chi connectivity index (χ1v) is 6.24. The Balaban J connectivity index is 2.27. The lowest BCUT2D eigenvalue weighted by Crippen LogP contribution is -2.38. The highest BCUT2D eigenvalue weighted by atomic mass is 16.3. The number of aryl methyl sites for hydroxylation is 1. The van der Waals surface area contributed by atoms with Crippen molar-refractivity contribution in [3.63, 3.8) is 0 Å². The Morgan fingerprint density at radius 3 is 2.89 bits per heavy atom. The van der Waals surface area contributed by atoms with Gasteiger partial charge >= 0.3 is 6.03 Å². The van der Waals surface area contributed by atoms with Gasteiger partial charge in [0.15, 0.2) is 0 Å². The summed E-state index contributed by atoms with van der Waals surface area (Å²) in [5.74, 6) is 0. The van der Waals surface area contributed by atoms with Crippen LogP contribution in [0.15, 0.2) is 12.4 Å². The van der Waals surface area contributed by atoms with Gasteiger partial charge in [-0.05, 0) is 19.8 Å². The monoisotopic (exact) mass is 254 g/mol.